The van der Waals surface area contributed by atoms with E-state index in [9.17, 15) is 9.59 Å². The van der Waals surface area contributed by atoms with Gasteiger partial charge in [-0.15, -0.1) is 0 Å². The number of piperazine rings is 1. The van der Waals surface area contributed by atoms with Crippen molar-refractivity contribution >= 4 is 29.1 Å². The molecule has 7 heteroatoms. The number of carbonyl (C=O) groups excluding carboxylic acids is 2. The number of rotatable bonds is 4. The number of primary amides is 1. The minimum Gasteiger partial charge on any atom is -0.369 e. The van der Waals surface area contributed by atoms with Crippen molar-refractivity contribution in [2.45, 2.75) is 12.8 Å². The molecule has 0 spiro atoms. The monoisotopic (exact) mass is 364 g/mol. The maximum atomic E-state index is 12.5. The molecule has 1 aromatic rings. The van der Waals surface area contributed by atoms with Crippen LogP contribution in [0.15, 0.2) is 24.3 Å². The summed E-state index contributed by atoms with van der Waals surface area (Å²) >= 11 is 6.06. The molecule has 0 unspecified atom stereocenters. The Kier molecular flexibility index (Phi) is 5.81. The molecule has 2 amide bonds. The molecule has 0 aliphatic carbocycles. The first-order valence-electron chi connectivity index (χ1n) is 8.83. The van der Waals surface area contributed by atoms with Gasteiger partial charge in [0.05, 0.1) is 6.54 Å². The molecule has 2 aliphatic heterocycles. The zero-order chi connectivity index (χ0) is 17.8. The highest BCUT2D eigenvalue weighted by atomic mass is 35.5. The van der Waals surface area contributed by atoms with Crippen LogP contribution in [-0.4, -0.2) is 67.4 Å². The summed E-state index contributed by atoms with van der Waals surface area (Å²) in [5, 5.41) is 0.732. The second-order valence-electron chi connectivity index (χ2n) is 6.80. The molecule has 2 saturated heterocycles. The van der Waals surface area contributed by atoms with Crippen LogP contribution in [0.2, 0.25) is 5.02 Å². The molecular formula is C18H25ClN4O2. The Balaban J connectivity index is 1.45. The molecule has 2 fully saturated rings. The molecule has 0 atom stereocenters. The Bertz CT molecular complexity index is 623. The summed E-state index contributed by atoms with van der Waals surface area (Å²) in [7, 11) is 0. The Labute approximate surface area is 153 Å². The largest absolute Gasteiger partial charge is 0.369 e. The molecular weight excluding hydrogens is 340 g/mol. The molecule has 2 heterocycles. The standard InChI is InChI=1S/C18H25ClN4O2/c19-15-2-1-3-16(12-15)22-8-10-23(11-9-22)17(24)13-21-6-4-14(5-7-21)18(20)25/h1-3,12,14H,4-11,13H2,(H2,20,25). The highest BCUT2D eigenvalue weighted by molar-refractivity contribution is 6.30. The molecule has 136 valence electrons. The lowest BCUT2D eigenvalue weighted by molar-refractivity contribution is -0.133. The summed E-state index contributed by atoms with van der Waals surface area (Å²) in [6.45, 7) is 5.05. The van der Waals surface area contributed by atoms with Gasteiger partial charge in [0.15, 0.2) is 0 Å². The third kappa shape index (κ3) is 4.64. The number of benzene rings is 1. The average molecular weight is 365 g/mol. The van der Waals surface area contributed by atoms with Crippen LogP contribution in [-0.2, 0) is 9.59 Å². The van der Waals surface area contributed by atoms with Gasteiger partial charge in [-0.2, -0.15) is 0 Å². The Morgan fingerprint density at radius 1 is 1.08 bits per heavy atom. The van der Waals surface area contributed by atoms with Crippen molar-refractivity contribution in [2.75, 3.05) is 50.7 Å². The molecule has 3 rings (SSSR count). The normalized spacial score (nSPS) is 19.9. The third-order valence-corrected chi connectivity index (χ3v) is 5.39. The molecule has 0 saturated carbocycles. The number of hydrogen-bond donors (Lipinski definition) is 1. The van der Waals surface area contributed by atoms with E-state index in [2.05, 4.69) is 9.80 Å². The van der Waals surface area contributed by atoms with Gasteiger partial charge in [-0.3, -0.25) is 14.5 Å². The van der Waals surface area contributed by atoms with Crippen molar-refractivity contribution in [1.82, 2.24) is 9.80 Å². The fraction of sp³-hybridized carbons (Fsp3) is 0.556. The van der Waals surface area contributed by atoms with Gasteiger partial charge in [0, 0.05) is 42.8 Å². The van der Waals surface area contributed by atoms with Crippen LogP contribution in [0.4, 0.5) is 5.69 Å². The van der Waals surface area contributed by atoms with Crippen molar-refractivity contribution in [3.05, 3.63) is 29.3 Å². The number of carbonyl (C=O) groups is 2. The van der Waals surface area contributed by atoms with Gasteiger partial charge >= 0.3 is 0 Å². The molecule has 0 bridgehead atoms. The predicted molar refractivity (Wildman–Crippen MR) is 98.6 cm³/mol. The zero-order valence-electron chi connectivity index (χ0n) is 14.4. The summed E-state index contributed by atoms with van der Waals surface area (Å²) in [4.78, 5) is 30.1. The first-order valence-corrected chi connectivity index (χ1v) is 9.20. The summed E-state index contributed by atoms with van der Waals surface area (Å²) < 4.78 is 0. The number of piperidine rings is 1. The van der Waals surface area contributed by atoms with Crippen LogP contribution in [0.1, 0.15) is 12.8 Å². The summed E-state index contributed by atoms with van der Waals surface area (Å²) in [6.07, 6.45) is 1.51. The topological polar surface area (TPSA) is 69.9 Å². The van der Waals surface area contributed by atoms with Crippen LogP contribution in [0.3, 0.4) is 0 Å². The smallest absolute Gasteiger partial charge is 0.236 e. The van der Waals surface area contributed by atoms with E-state index in [1.54, 1.807) is 0 Å². The van der Waals surface area contributed by atoms with Gasteiger partial charge in [0.25, 0.3) is 0 Å². The van der Waals surface area contributed by atoms with Crippen molar-refractivity contribution in [2.24, 2.45) is 11.7 Å². The molecule has 6 nitrogen and oxygen atoms in total. The first-order chi connectivity index (χ1) is 12.0. The SMILES string of the molecule is NC(=O)C1CCN(CC(=O)N2CCN(c3cccc(Cl)c3)CC2)CC1. The molecule has 0 aromatic heterocycles. The van der Waals surface area contributed by atoms with Gasteiger partial charge in [-0.05, 0) is 44.1 Å². The lowest BCUT2D eigenvalue weighted by Crippen LogP contribution is -2.52. The minimum atomic E-state index is -0.219. The van der Waals surface area contributed by atoms with Gasteiger partial charge < -0.3 is 15.5 Å². The Hall–Kier alpha value is -1.79. The lowest BCUT2D eigenvalue weighted by atomic mass is 9.96. The van der Waals surface area contributed by atoms with E-state index >= 15 is 0 Å². The number of nitrogens with two attached hydrogens (primary N) is 1. The van der Waals surface area contributed by atoms with Crippen LogP contribution in [0.25, 0.3) is 0 Å². The maximum Gasteiger partial charge on any atom is 0.236 e. The van der Waals surface area contributed by atoms with Crippen LogP contribution >= 0.6 is 11.6 Å². The van der Waals surface area contributed by atoms with E-state index in [1.165, 1.54) is 0 Å². The van der Waals surface area contributed by atoms with Crippen molar-refractivity contribution in [3.63, 3.8) is 0 Å². The van der Waals surface area contributed by atoms with Crippen molar-refractivity contribution in [3.8, 4) is 0 Å². The molecule has 1 aromatic carbocycles. The van der Waals surface area contributed by atoms with E-state index in [0.29, 0.717) is 6.54 Å². The predicted octanol–water partition coefficient (Wildman–Crippen LogP) is 1.19. The number of anilines is 1. The van der Waals surface area contributed by atoms with Crippen molar-refractivity contribution < 1.29 is 9.59 Å². The maximum absolute atomic E-state index is 12.5. The quantitative estimate of drug-likeness (QED) is 0.871. The Morgan fingerprint density at radius 3 is 2.36 bits per heavy atom. The zero-order valence-corrected chi connectivity index (χ0v) is 15.1. The van der Waals surface area contributed by atoms with E-state index in [4.69, 9.17) is 17.3 Å². The average Bonchev–Trinajstić information content (AvgIpc) is 2.62. The van der Waals surface area contributed by atoms with E-state index in [-0.39, 0.29) is 17.7 Å². The van der Waals surface area contributed by atoms with Gasteiger partial charge in [-0.1, -0.05) is 17.7 Å². The number of amides is 2. The Morgan fingerprint density at radius 2 is 1.76 bits per heavy atom. The van der Waals surface area contributed by atoms with Gasteiger partial charge in [0.1, 0.15) is 0 Å². The second-order valence-corrected chi connectivity index (χ2v) is 7.24. The van der Waals surface area contributed by atoms with E-state index in [1.807, 2.05) is 29.2 Å². The van der Waals surface area contributed by atoms with E-state index < -0.39 is 0 Å². The fourth-order valence-corrected chi connectivity index (χ4v) is 3.74. The van der Waals surface area contributed by atoms with Crippen LogP contribution < -0.4 is 10.6 Å². The number of halogens is 1. The molecule has 2 N–H and O–H groups in total. The summed E-state index contributed by atoms with van der Waals surface area (Å²) in [5.74, 6) is -0.0843. The lowest BCUT2D eigenvalue weighted by Gasteiger charge is -2.38. The summed E-state index contributed by atoms with van der Waals surface area (Å²) in [6, 6.07) is 7.82. The number of likely N-dealkylation sites (tertiary alicyclic amines) is 1. The minimum absolute atomic E-state index is 0.0346. The third-order valence-electron chi connectivity index (χ3n) is 5.15. The van der Waals surface area contributed by atoms with Crippen LogP contribution in [0.5, 0.6) is 0 Å². The second kappa shape index (κ2) is 8.06. The van der Waals surface area contributed by atoms with E-state index in [0.717, 1.165) is 62.8 Å². The number of nitrogens with zero attached hydrogens (tertiary/aromatic N) is 3. The van der Waals surface area contributed by atoms with Crippen LogP contribution in [0, 0.1) is 5.92 Å². The highest BCUT2D eigenvalue weighted by Gasteiger charge is 2.27. The highest BCUT2D eigenvalue weighted by Crippen LogP contribution is 2.21. The summed E-state index contributed by atoms with van der Waals surface area (Å²) in [5.41, 5.74) is 6.46. The number of hydrogen-bond acceptors (Lipinski definition) is 4. The van der Waals surface area contributed by atoms with Crippen molar-refractivity contribution in [1.29, 1.82) is 0 Å². The first kappa shape index (κ1) is 18.0. The van der Waals surface area contributed by atoms with Gasteiger partial charge in [-0.25, -0.2) is 0 Å². The molecule has 25 heavy (non-hydrogen) atoms. The molecule has 2 aliphatic rings. The molecule has 0 radical (unpaired) electrons. The fourth-order valence-electron chi connectivity index (χ4n) is 3.55. The van der Waals surface area contributed by atoms with Gasteiger partial charge in [0.2, 0.25) is 11.8 Å².